The van der Waals surface area contributed by atoms with Crippen molar-refractivity contribution in [1.82, 2.24) is 0 Å². The Hall–Kier alpha value is -0.990. The summed E-state index contributed by atoms with van der Waals surface area (Å²) in [5.74, 6) is 3.00. The molecule has 8 atom stereocenters. The first kappa shape index (κ1) is 18.4. The van der Waals surface area contributed by atoms with Gasteiger partial charge in [-0.3, -0.25) is 14.4 Å². The van der Waals surface area contributed by atoms with E-state index in [-0.39, 0.29) is 34.4 Å². The van der Waals surface area contributed by atoms with Gasteiger partial charge >= 0.3 is 0 Å². The lowest BCUT2D eigenvalue weighted by Gasteiger charge is -2.60. The molecule has 0 heterocycles. The molecule has 0 spiro atoms. The van der Waals surface area contributed by atoms with Crippen LogP contribution in [0.4, 0.5) is 0 Å². The van der Waals surface area contributed by atoms with Crippen LogP contribution in [0.15, 0.2) is 0 Å². The molecule has 4 aliphatic carbocycles. The van der Waals surface area contributed by atoms with Gasteiger partial charge in [0, 0.05) is 24.2 Å². The molecule has 4 rings (SSSR count). The standard InChI is InChI=1S/C23H34O3/c1-13(24)15-9-10-22(3)16(11-15)5-6-17-19-8-7-18(14(2)25)23(19,4)12-20(26)21(17)22/h15-19,21H,5-12H2,1-4H3/t15-,16+,17-,18+,19-,21+,22-,23+/m0/s1. The molecule has 26 heavy (non-hydrogen) atoms. The Morgan fingerprint density at radius 3 is 2.31 bits per heavy atom. The quantitative estimate of drug-likeness (QED) is 0.724. The van der Waals surface area contributed by atoms with Gasteiger partial charge < -0.3 is 0 Å². The van der Waals surface area contributed by atoms with Gasteiger partial charge in [-0.25, -0.2) is 0 Å². The maximum atomic E-state index is 13.4. The van der Waals surface area contributed by atoms with Gasteiger partial charge in [-0.15, -0.1) is 0 Å². The predicted octanol–water partition coefficient (Wildman–Crippen LogP) is 4.62. The first-order valence-corrected chi connectivity index (χ1v) is 10.7. The Morgan fingerprint density at radius 1 is 0.923 bits per heavy atom. The van der Waals surface area contributed by atoms with E-state index in [1.807, 2.05) is 0 Å². The zero-order valence-corrected chi connectivity index (χ0v) is 16.8. The average molecular weight is 359 g/mol. The van der Waals surface area contributed by atoms with E-state index in [2.05, 4.69) is 13.8 Å². The van der Waals surface area contributed by atoms with Gasteiger partial charge in [-0.1, -0.05) is 13.8 Å². The van der Waals surface area contributed by atoms with Crippen molar-refractivity contribution in [3.8, 4) is 0 Å². The van der Waals surface area contributed by atoms with Crippen LogP contribution in [0.2, 0.25) is 0 Å². The van der Waals surface area contributed by atoms with Crippen LogP contribution >= 0.6 is 0 Å². The predicted molar refractivity (Wildman–Crippen MR) is 100 cm³/mol. The minimum absolute atomic E-state index is 0.0710. The molecule has 0 unspecified atom stereocenters. The Bertz CT molecular complexity index is 652. The number of hydrogen-bond donors (Lipinski definition) is 0. The molecular formula is C23H34O3. The molecule has 4 fully saturated rings. The van der Waals surface area contributed by atoms with Gasteiger partial charge in [0.25, 0.3) is 0 Å². The molecule has 0 aliphatic heterocycles. The normalized spacial score (nSPS) is 50.5. The third-order valence-corrected chi connectivity index (χ3v) is 9.41. The Morgan fingerprint density at radius 2 is 1.65 bits per heavy atom. The van der Waals surface area contributed by atoms with E-state index in [1.165, 1.54) is 0 Å². The fraction of sp³-hybridized carbons (Fsp3) is 0.870. The third kappa shape index (κ3) is 2.41. The first-order valence-electron chi connectivity index (χ1n) is 10.7. The third-order valence-electron chi connectivity index (χ3n) is 9.41. The number of fused-ring (bicyclic) bond motifs is 5. The lowest BCUT2D eigenvalue weighted by molar-refractivity contribution is -0.160. The number of hydrogen-bond acceptors (Lipinski definition) is 3. The first-order chi connectivity index (χ1) is 12.2. The lowest BCUT2D eigenvalue weighted by Crippen LogP contribution is -2.57. The smallest absolute Gasteiger partial charge is 0.137 e. The van der Waals surface area contributed by atoms with Crippen molar-refractivity contribution in [1.29, 1.82) is 0 Å². The number of rotatable bonds is 2. The van der Waals surface area contributed by atoms with Crippen LogP contribution in [0.1, 0.15) is 79.1 Å². The van der Waals surface area contributed by atoms with Crippen LogP contribution in [0.5, 0.6) is 0 Å². The van der Waals surface area contributed by atoms with Crippen molar-refractivity contribution in [2.75, 3.05) is 0 Å². The summed E-state index contributed by atoms with van der Waals surface area (Å²) in [5.41, 5.74) is -0.0363. The Labute approximate surface area is 157 Å². The highest BCUT2D eigenvalue weighted by Crippen LogP contribution is 2.66. The van der Waals surface area contributed by atoms with Crippen molar-refractivity contribution in [3.63, 3.8) is 0 Å². The fourth-order valence-corrected chi connectivity index (χ4v) is 8.11. The molecule has 3 nitrogen and oxygen atoms in total. The molecule has 3 heteroatoms. The molecule has 0 radical (unpaired) electrons. The molecular weight excluding hydrogens is 324 g/mol. The number of carbonyl (C=O) groups is 3. The fourth-order valence-electron chi connectivity index (χ4n) is 8.11. The minimum Gasteiger partial charge on any atom is -0.300 e. The van der Waals surface area contributed by atoms with Gasteiger partial charge in [-0.2, -0.15) is 0 Å². The molecule has 4 aliphatic rings. The topological polar surface area (TPSA) is 51.2 Å². The van der Waals surface area contributed by atoms with Crippen molar-refractivity contribution < 1.29 is 14.4 Å². The van der Waals surface area contributed by atoms with Gasteiger partial charge in [0.1, 0.15) is 17.3 Å². The zero-order chi connectivity index (χ0) is 18.9. The van der Waals surface area contributed by atoms with Crippen LogP contribution in [-0.4, -0.2) is 17.3 Å². The average Bonchev–Trinajstić information content (AvgIpc) is 2.90. The van der Waals surface area contributed by atoms with Crippen LogP contribution in [-0.2, 0) is 14.4 Å². The van der Waals surface area contributed by atoms with Gasteiger partial charge in [0.2, 0.25) is 0 Å². The summed E-state index contributed by atoms with van der Waals surface area (Å²) in [6.07, 6.45) is 7.93. The maximum absolute atomic E-state index is 13.4. The van der Waals surface area contributed by atoms with Crippen LogP contribution < -0.4 is 0 Å². The molecule has 0 aromatic heterocycles. The molecule has 0 aromatic carbocycles. The zero-order valence-electron chi connectivity index (χ0n) is 16.8. The highest BCUT2D eigenvalue weighted by atomic mass is 16.1. The SMILES string of the molecule is CC(=O)[C@H]1CC[C@@]2(C)[C@H](CC[C@H]3[C@@H]4CC[C@H](C(C)=O)[C@@]4(C)CC(=O)[C@@H]32)C1. The van der Waals surface area contributed by atoms with Gasteiger partial charge in [0.15, 0.2) is 0 Å². The lowest BCUT2D eigenvalue weighted by atomic mass is 9.43. The summed E-state index contributed by atoms with van der Waals surface area (Å²) >= 11 is 0. The largest absolute Gasteiger partial charge is 0.300 e. The van der Waals surface area contributed by atoms with E-state index < -0.39 is 0 Å². The highest BCUT2D eigenvalue weighted by Gasteiger charge is 2.63. The number of ketones is 3. The van der Waals surface area contributed by atoms with E-state index in [0.29, 0.717) is 35.7 Å². The van der Waals surface area contributed by atoms with E-state index in [4.69, 9.17) is 0 Å². The number of Topliss-reactive ketones (excluding diaryl/α,β-unsaturated/α-hetero) is 3. The molecule has 4 saturated carbocycles. The second kappa shape index (κ2) is 6.01. The van der Waals surface area contributed by atoms with Crippen LogP contribution in [0.25, 0.3) is 0 Å². The van der Waals surface area contributed by atoms with Crippen molar-refractivity contribution in [3.05, 3.63) is 0 Å². The van der Waals surface area contributed by atoms with E-state index in [9.17, 15) is 14.4 Å². The Kier molecular flexibility index (Phi) is 4.24. The van der Waals surface area contributed by atoms with E-state index in [0.717, 1.165) is 44.9 Å². The summed E-state index contributed by atoms with van der Waals surface area (Å²) in [4.78, 5) is 37.6. The second-order valence-corrected chi connectivity index (χ2v) is 10.5. The molecule has 0 amide bonds. The molecule has 0 aromatic rings. The van der Waals surface area contributed by atoms with E-state index >= 15 is 0 Å². The van der Waals surface area contributed by atoms with Gasteiger partial charge in [0.05, 0.1) is 0 Å². The molecule has 0 saturated heterocycles. The molecule has 0 N–H and O–H groups in total. The van der Waals surface area contributed by atoms with Crippen molar-refractivity contribution in [2.45, 2.75) is 79.1 Å². The summed E-state index contributed by atoms with van der Waals surface area (Å²) in [6.45, 7) is 8.03. The second-order valence-electron chi connectivity index (χ2n) is 10.5. The summed E-state index contributed by atoms with van der Waals surface area (Å²) in [7, 11) is 0. The van der Waals surface area contributed by atoms with Crippen molar-refractivity contribution in [2.24, 2.45) is 46.3 Å². The monoisotopic (exact) mass is 358 g/mol. The molecule has 144 valence electrons. The van der Waals surface area contributed by atoms with Gasteiger partial charge in [-0.05, 0) is 87.4 Å². The number of carbonyl (C=O) groups excluding carboxylic acids is 3. The van der Waals surface area contributed by atoms with Crippen LogP contribution in [0.3, 0.4) is 0 Å². The minimum atomic E-state index is -0.107. The summed E-state index contributed by atoms with van der Waals surface area (Å²) in [5, 5.41) is 0. The Balaban J connectivity index is 1.64. The summed E-state index contributed by atoms with van der Waals surface area (Å²) in [6, 6.07) is 0. The van der Waals surface area contributed by atoms with E-state index in [1.54, 1.807) is 13.8 Å². The maximum Gasteiger partial charge on any atom is 0.137 e. The molecule has 0 bridgehead atoms. The summed E-state index contributed by atoms with van der Waals surface area (Å²) < 4.78 is 0. The van der Waals surface area contributed by atoms with Crippen LogP contribution in [0, 0.1) is 46.3 Å². The van der Waals surface area contributed by atoms with Crippen molar-refractivity contribution >= 4 is 17.3 Å². The highest BCUT2D eigenvalue weighted by molar-refractivity contribution is 5.87.